The summed E-state index contributed by atoms with van der Waals surface area (Å²) in [5.41, 5.74) is 16.3. The van der Waals surface area contributed by atoms with Crippen LogP contribution in [0.25, 0.3) is 76.8 Å². The van der Waals surface area contributed by atoms with Crippen molar-refractivity contribution in [2.45, 2.75) is 38.5 Å². The Morgan fingerprint density at radius 2 is 0.826 bits per heavy atom. The minimum Gasteiger partial charge on any atom is -0.0622 e. The molecule has 0 heterocycles. The first-order chi connectivity index (χ1) is 22.3. The first-order valence-corrected chi connectivity index (χ1v) is 16.5. The fraction of sp³-hybridized carbons (Fsp3) is 0.130. The summed E-state index contributed by atoms with van der Waals surface area (Å²) in [6.07, 6.45) is 0. The molecule has 46 heavy (non-hydrogen) atoms. The molecule has 0 heteroatoms. The SMILES string of the molecule is CC1(C)c2cc(-c3ccccc3)ccc2-c2cc3c(cc21)-c1ccc(-c2ccc4ccc5cccc6ccc2c4c56)cc1C3(C)C. The Bertz CT molecular complexity index is 2540. The lowest BCUT2D eigenvalue weighted by molar-refractivity contribution is 0.652. The highest BCUT2D eigenvalue weighted by molar-refractivity contribution is 6.25. The van der Waals surface area contributed by atoms with Crippen molar-refractivity contribution in [1.82, 2.24) is 0 Å². The van der Waals surface area contributed by atoms with Gasteiger partial charge in [-0.3, -0.25) is 0 Å². The maximum atomic E-state index is 2.52. The molecule has 0 spiro atoms. The van der Waals surface area contributed by atoms with Crippen LogP contribution in [0.1, 0.15) is 49.9 Å². The summed E-state index contributed by atoms with van der Waals surface area (Å²) in [5, 5.41) is 8.03. The normalized spacial score (nSPS) is 15.3. The van der Waals surface area contributed by atoms with Crippen LogP contribution >= 0.6 is 0 Å². The monoisotopic (exact) mass is 586 g/mol. The maximum absolute atomic E-state index is 2.52. The van der Waals surface area contributed by atoms with Gasteiger partial charge in [0.2, 0.25) is 0 Å². The molecule has 0 aliphatic heterocycles. The first-order valence-electron chi connectivity index (χ1n) is 16.5. The molecule has 0 amide bonds. The lowest BCUT2D eigenvalue weighted by Crippen LogP contribution is -2.17. The van der Waals surface area contributed by atoms with E-state index in [2.05, 4.69) is 161 Å². The third kappa shape index (κ3) is 3.29. The molecule has 0 saturated heterocycles. The van der Waals surface area contributed by atoms with Crippen molar-refractivity contribution in [3.8, 4) is 44.5 Å². The van der Waals surface area contributed by atoms with Crippen molar-refractivity contribution in [2.24, 2.45) is 0 Å². The van der Waals surface area contributed by atoms with Crippen LogP contribution in [0.5, 0.6) is 0 Å². The van der Waals surface area contributed by atoms with E-state index in [0.717, 1.165) is 0 Å². The Hall–Kier alpha value is -5.20. The van der Waals surface area contributed by atoms with Gasteiger partial charge in [-0.05, 0) is 123 Å². The van der Waals surface area contributed by atoms with Crippen LogP contribution in [0.3, 0.4) is 0 Å². The molecule has 0 radical (unpaired) electrons. The Balaban J connectivity index is 1.12. The van der Waals surface area contributed by atoms with Gasteiger partial charge in [0.25, 0.3) is 0 Å². The molecule has 0 atom stereocenters. The Morgan fingerprint density at radius 1 is 0.326 bits per heavy atom. The topological polar surface area (TPSA) is 0 Å². The summed E-state index contributed by atoms with van der Waals surface area (Å²) in [6, 6.07) is 50.6. The van der Waals surface area contributed by atoms with E-state index in [-0.39, 0.29) is 10.8 Å². The molecule has 218 valence electrons. The second-order valence-electron chi connectivity index (χ2n) is 14.5. The van der Waals surface area contributed by atoms with Crippen LogP contribution in [-0.2, 0) is 10.8 Å². The molecule has 0 unspecified atom stereocenters. The smallest absolute Gasteiger partial charge is 0.0159 e. The second kappa shape index (κ2) is 8.74. The van der Waals surface area contributed by atoms with Crippen LogP contribution in [0.4, 0.5) is 0 Å². The highest BCUT2D eigenvalue weighted by Gasteiger charge is 2.41. The summed E-state index contributed by atoms with van der Waals surface area (Å²) in [5.74, 6) is 0. The van der Waals surface area contributed by atoms with Crippen molar-refractivity contribution in [2.75, 3.05) is 0 Å². The molecule has 2 aliphatic carbocycles. The summed E-state index contributed by atoms with van der Waals surface area (Å²) in [7, 11) is 0. The summed E-state index contributed by atoms with van der Waals surface area (Å²) in [4.78, 5) is 0. The number of benzene rings is 8. The molecule has 0 bridgehead atoms. The number of rotatable bonds is 2. The first kappa shape index (κ1) is 26.1. The van der Waals surface area contributed by atoms with Crippen molar-refractivity contribution >= 4 is 32.3 Å². The van der Waals surface area contributed by atoms with Crippen molar-refractivity contribution in [3.63, 3.8) is 0 Å². The zero-order valence-corrected chi connectivity index (χ0v) is 26.7. The molecular formula is C46H34. The van der Waals surface area contributed by atoms with Crippen molar-refractivity contribution < 1.29 is 0 Å². The van der Waals surface area contributed by atoms with Gasteiger partial charge in [0.05, 0.1) is 0 Å². The van der Waals surface area contributed by atoms with Gasteiger partial charge in [0.15, 0.2) is 0 Å². The van der Waals surface area contributed by atoms with E-state index in [1.807, 2.05) is 0 Å². The Kier molecular flexibility index (Phi) is 4.95. The molecule has 0 fully saturated rings. The lowest BCUT2D eigenvalue weighted by atomic mass is 9.79. The van der Waals surface area contributed by atoms with E-state index in [4.69, 9.17) is 0 Å². The van der Waals surface area contributed by atoms with Crippen LogP contribution in [0.2, 0.25) is 0 Å². The molecule has 0 N–H and O–H groups in total. The van der Waals surface area contributed by atoms with Crippen LogP contribution in [-0.4, -0.2) is 0 Å². The predicted molar refractivity (Wildman–Crippen MR) is 196 cm³/mol. The average Bonchev–Trinajstić information content (AvgIpc) is 3.45. The van der Waals surface area contributed by atoms with Gasteiger partial charge in [-0.1, -0.05) is 137 Å². The molecular weight excluding hydrogens is 553 g/mol. The average molecular weight is 587 g/mol. The molecule has 0 nitrogen and oxygen atoms in total. The van der Waals surface area contributed by atoms with Crippen molar-refractivity contribution in [1.29, 1.82) is 0 Å². The van der Waals surface area contributed by atoms with E-state index in [1.54, 1.807) is 0 Å². The molecule has 0 aromatic heterocycles. The Labute approximate surface area is 270 Å². The molecule has 10 rings (SSSR count). The number of hydrogen-bond donors (Lipinski definition) is 0. The minimum absolute atomic E-state index is 0.0704. The lowest BCUT2D eigenvalue weighted by Gasteiger charge is -2.24. The quantitative estimate of drug-likeness (QED) is 0.177. The van der Waals surface area contributed by atoms with E-state index in [1.165, 1.54) is 99.1 Å². The summed E-state index contributed by atoms with van der Waals surface area (Å²) >= 11 is 0. The maximum Gasteiger partial charge on any atom is 0.0159 e. The molecule has 8 aromatic carbocycles. The van der Waals surface area contributed by atoms with Crippen LogP contribution < -0.4 is 0 Å². The molecule has 0 saturated carbocycles. The largest absolute Gasteiger partial charge is 0.0622 e. The fourth-order valence-electron chi connectivity index (χ4n) is 8.93. The number of fused-ring (bicyclic) bond motifs is 6. The van der Waals surface area contributed by atoms with E-state index in [0.29, 0.717) is 0 Å². The summed E-state index contributed by atoms with van der Waals surface area (Å²) < 4.78 is 0. The van der Waals surface area contributed by atoms with E-state index < -0.39 is 0 Å². The second-order valence-corrected chi connectivity index (χ2v) is 14.5. The predicted octanol–water partition coefficient (Wildman–Crippen LogP) is 12.5. The van der Waals surface area contributed by atoms with Crippen LogP contribution in [0.15, 0.2) is 133 Å². The highest BCUT2D eigenvalue weighted by Crippen LogP contribution is 2.57. The zero-order chi connectivity index (χ0) is 30.9. The number of hydrogen-bond acceptors (Lipinski definition) is 0. The van der Waals surface area contributed by atoms with Gasteiger partial charge in [-0.25, -0.2) is 0 Å². The van der Waals surface area contributed by atoms with Gasteiger partial charge in [-0.2, -0.15) is 0 Å². The molecule has 2 aliphatic rings. The zero-order valence-electron chi connectivity index (χ0n) is 26.7. The van der Waals surface area contributed by atoms with Gasteiger partial charge in [-0.15, -0.1) is 0 Å². The van der Waals surface area contributed by atoms with E-state index in [9.17, 15) is 0 Å². The third-order valence-corrected chi connectivity index (χ3v) is 11.4. The van der Waals surface area contributed by atoms with Gasteiger partial charge in [0, 0.05) is 10.8 Å². The molecule has 8 aromatic rings. The Morgan fingerprint density at radius 3 is 1.48 bits per heavy atom. The fourth-order valence-corrected chi connectivity index (χ4v) is 8.93. The third-order valence-electron chi connectivity index (χ3n) is 11.4. The minimum atomic E-state index is -0.101. The standard InChI is InChI=1S/C46H34/c1-45(2)39-23-31(27-9-6-5-7-10-27)17-20-34(39)37-25-42-38(26-41(37)45)35-21-18-32(24-40(35)46(42,3)4)33-19-15-30-14-13-28-11-8-12-29-16-22-36(33)44(30)43(28)29/h5-26H,1-4H3. The summed E-state index contributed by atoms with van der Waals surface area (Å²) in [6.45, 7) is 9.63. The van der Waals surface area contributed by atoms with Gasteiger partial charge >= 0.3 is 0 Å². The van der Waals surface area contributed by atoms with Gasteiger partial charge < -0.3 is 0 Å². The van der Waals surface area contributed by atoms with E-state index >= 15 is 0 Å². The van der Waals surface area contributed by atoms with Gasteiger partial charge in [0.1, 0.15) is 0 Å². The van der Waals surface area contributed by atoms with Crippen LogP contribution in [0, 0.1) is 0 Å². The van der Waals surface area contributed by atoms with Crippen molar-refractivity contribution in [3.05, 3.63) is 156 Å². The highest BCUT2D eigenvalue weighted by atomic mass is 14.4.